The number of rotatable bonds is 5. The molecule has 4 nitrogen and oxygen atoms in total. The summed E-state index contributed by atoms with van der Waals surface area (Å²) in [5.41, 5.74) is 0. The van der Waals surface area contributed by atoms with Gasteiger partial charge in [0.1, 0.15) is 0 Å². The molecule has 0 spiro atoms. The fourth-order valence-electron chi connectivity index (χ4n) is 1.58. The Morgan fingerprint density at radius 2 is 2.00 bits per heavy atom. The minimum atomic E-state index is 0.0353. The molecule has 1 unspecified atom stereocenters. The maximum atomic E-state index is 8.98. The SMILES string of the molecule is OCCC(CO)NC1CCOCC1. The van der Waals surface area contributed by atoms with Crippen LogP contribution in [-0.4, -0.2) is 48.7 Å². The van der Waals surface area contributed by atoms with Crippen LogP contribution in [0.3, 0.4) is 0 Å². The van der Waals surface area contributed by atoms with Crippen LogP contribution >= 0.6 is 0 Å². The first kappa shape index (κ1) is 10.9. The molecule has 0 aromatic heterocycles. The van der Waals surface area contributed by atoms with Crippen LogP contribution in [0, 0.1) is 0 Å². The van der Waals surface area contributed by atoms with Gasteiger partial charge in [0.15, 0.2) is 0 Å². The molecule has 1 saturated heterocycles. The second-order valence-electron chi connectivity index (χ2n) is 3.45. The maximum absolute atomic E-state index is 8.98. The van der Waals surface area contributed by atoms with E-state index in [-0.39, 0.29) is 19.3 Å². The van der Waals surface area contributed by atoms with Crippen molar-refractivity contribution in [3.63, 3.8) is 0 Å². The van der Waals surface area contributed by atoms with E-state index in [2.05, 4.69) is 5.32 Å². The first-order chi connectivity index (χ1) is 6.36. The Hall–Kier alpha value is -0.160. The van der Waals surface area contributed by atoms with Gasteiger partial charge in [-0.15, -0.1) is 0 Å². The van der Waals surface area contributed by atoms with E-state index in [1.54, 1.807) is 0 Å². The molecular formula is C9H19NO3. The second kappa shape index (κ2) is 6.32. The van der Waals surface area contributed by atoms with Gasteiger partial charge in [-0.25, -0.2) is 0 Å². The average Bonchev–Trinajstić information content (AvgIpc) is 2.19. The third-order valence-electron chi connectivity index (χ3n) is 2.39. The molecule has 1 heterocycles. The van der Waals surface area contributed by atoms with Gasteiger partial charge in [0.2, 0.25) is 0 Å². The van der Waals surface area contributed by atoms with Gasteiger partial charge in [-0.1, -0.05) is 0 Å². The number of hydrogen-bond donors (Lipinski definition) is 3. The molecule has 1 aliphatic rings. The molecule has 0 aromatic carbocycles. The predicted molar refractivity (Wildman–Crippen MR) is 49.6 cm³/mol. The zero-order valence-corrected chi connectivity index (χ0v) is 7.91. The smallest absolute Gasteiger partial charge is 0.0585 e. The van der Waals surface area contributed by atoms with Crippen LogP contribution in [0.2, 0.25) is 0 Å². The van der Waals surface area contributed by atoms with E-state index < -0.39 is 0 Å². The van der Waals surface area contributed by atoms with Crippen molar-refractivity contribution < 1.29 is 14.9 Å². The van der Waals surface area contributed by atoms with Crippen LogP contribution in [0.5, 0.6) is 0 Å². The quantitative estimate of drug-likeness (QED) is 0.545. The lowest BCUT2D eigenvalue weighted by Crippen LogP contribution is -2.43. The zero-order chi connectivity index (χ0) is 9.52. The Labute approximate surface area is 78.9 Å². The fourth-order valence-corrected chi connectivity index (χ4v) is 1.58. The molecule has 0 amide bonds. The van der Waals surface area contributed by atoms with Crippen LogP contribution in [0.25, 0.3) is 0 Å². The van der Waals surface area contributed by atoms with Crippen molar-refractivity contribution in [2.75, 3.05) is 26.4 Å². The van der Waals surface area contributed by atoms with Crippen molar-refractivity contribution in [2.24, 2.45) is 0 Å². The molecule has 13 heavy (non-hydrogen) atoms. The average molecular weight is 189 g/mol. The minimum absolute atomic E-state index is 0.0353. The number of nitrogens with one attached hydrogen (secondary N) is 1. The van der Waals surface area contributed by atoms with Crippen molar-refractivity contribution in [2.45, 2.75) is 31.3 Å². The Morgan fingerprint density at radius 1 is 1.31 bits per heavy atom. The van der Waals surface area contributed by atoms with Gasteiger partial charge < -0.3 is 20.3 Å². The molecule has 1 rings (SSSR count). The molecule has 0 saturated carbocycles. The van der Waals surface area contributed by atoms with E-state index in [4.69, 9.17) is 14.9 Å². The standard InChI is InChI=1S/C9H19NO3/c11-4-1-9(7-12)10-8-2-5-13-6-3-8/h8-12H,1-7H2. The molecule has 1 aliphatic heterocycles. The van der Waals surface area contributed by atoms with E-state index in [0.29, 0.717) is 12.5 Å². The zero-order valence-electron chi connectivity index (χ0n) is 7.91. The molecule has 4 heteroatoms. The van der Waals surface area contributed by atoms with E-state index in [0.717, 1.165) is 26.1 Å². The summed E-state index contributed by atoms with van der Waals surface area (Å²) in [6.07, 6.45) is 2.62. The summed E-state index contributed by atoms with van der Waals surface area (Å²) in [7, 11) is 0. The summed E-state index contributed by atoms with van der Waals surface area (Å²) in [6, 6.07) is 0.477. The van der Waals surface area contributed by atoms with E-state index in [1.165, 1.54) is 0 Å². The lowest BCUT2D eigenvalue weighted by Gasteiger charge is -2.27. The maximum Gasteiger partial charge on any atom is 0.0585 e. The van der Waals surface area contributed by atoms with Gasteiger partial charge in [0, 0.05) is 31.9 Å². The fraction of sp³-hybridized carbons (Fsp3) is 1.00. The highest BCUT2D eigenvalue weighted by atomic mass is 16.5. The van der Waals surface area contributed by atoms with Gasteiger partial charge in [0.25, 0.3) is 0 Å². The van der Waals surface area contributed by atoms with Crippen molar-refractivity contribution >= 4 is 0 Å². The molecule has 3 N–H and O–H groups in total. The molecular weight excluding hydrogens is 170 g/mol. The molecule has 0 aliphatic carbocycles. The molecule has 0 bridgehead atoms. The monoisotopic (exact) mass is 189 g/mol. The van der Waals surface area contributed by atoms with E-state index in [1.807, 2.05) is 0 Å². The van der Waals surface area contributed by atoms with Gasteiger partial charge >= 0.3 is 0 Å². The Morgan fingerprint density at radius 3 is 2.54 bits per heavy atom. The van der Waals surface area contributed by atoms with Gasteiger partial charge in [0.05, 0.1) is 6.61 Å². The number of aliphatic hydroxyl groups is 2. The lowest BCUT2D eigenvalue weighted by molar-refractivity contribution is 0.0696. The predicted octanol–water partition coefficient (Wildman–Crippen LogP) is -0.502. The topological polar surface area (TPSA) is 61.7 Å². The van der Waals surface area contributed by atoms with Gasteiger partial charge in [-0.3, -0.25) is 0 Å². The van der Waals surface area contributed by atoms with Crippen LogP contribution in [-0.2, 0) is 4.74 Å². The summed E-state index contributed by atoms with van der Waals surface area (Å²) in [6.45, 7) is 1.82. The Kier molecular flexibility index (Phi) is 5.31. The summed E-state index contributed by atoms with van der Waals surface area (Å²) in [5, 5.41) is 21.0. The Bertz CT molecular complexity index is 123. The molecule has 1 fully saturated rings. The molecule has 78 valence electrons. The molecule has 1 atom stereocenters. The summed E-state index contributed by atoms with van der Waals surface area (Å²) in [4.78, 5) is 0. The third kappa shape index (κ3) is 4.04. The first-order valence-corrected chi connectivity index (χ1v) is 4.92. The van der Waals surface area contributed by atoms with Crippen LogP contribution in [0.1, 0.15) is 19.3 Å². The number of ether oxygens (including phenoxy) is 1. The minimum Gasteiger partial charge on any atom is -0.396 e. The van der Waals surface area contributed by atoms with Crippen molar-refractivity contribution in [1.29, 1.82) is 0 Å². The highest BCUT2D eigenvalue weighted by molar-refractivity contribution is 4.75. The van der Waals surface area contributed by atoms with Crippen molar-refractivity contribution in [1.82, 2.24) is 5.32 Å². The van der Waals surface area contributed by atoms with E-state index in [9.17, 15) is 0 Å². The van der Waals surface area contributed by atoms with Gasteiger partial charge in [-0.2, -0.15) is 0 Å². The first-order valence-electron chi connectivity index (χ1n) is 4.92. The van der Waals surface area contributed by atoms with Crippen LogP contribution in [0.15, 0.2) is 0 Å². The largest absolute Gasteiger partial charge is 0.396 e. The van der Waals surface area contributed by atoms with Gasteiger partial charge in [-0.05, 0) is 19.3 Å². The van der Waals surface area contributed by atoms with E-state index >= 15 is 0 Å². The number of hydrogen-bond acceptors (Lipinski definition) is 4. The van der Waals surface area contributed by atoms with Crippen molar-refractivity contribution in [3.8, 4) is 0 Å². The van der Waals surface area contributed by atoms with Crippen LogP contribution in [0.4, 0.5) is 0 Å². The lowest BCUT2D eigenvalue weighted by atomic mass is 10.1. The highest BCUT2D eigenvalue weighted by Gasteiger charge is 2.16. The number of aliphatic hydroxyl groups excluding tert-OH is 2. The Balaban J connectivity index is 2.18. The summed E-state index contributed by atoms with van der Waals surface area (Å²) < 4.78 is 5.22. The second-order valence-corrected chi connectivity index (χ2v) is 3.45. The third-order valence-corrected chi connectivity index (χ3v) is 2.39. The normalized spacial score (nSPS) is 21.7. The van der Waals surface area contributed by atoms with Crippen LogP contribution < -0.4 is 5.32 Å². The molecule has 0 radical (unpaired) electrons. The highest BCUT2D eigenvalue weighted by Crippen LogP contribution is 2.07. The summed E-state index contributed by atoms with van der Waals surface area (Å²) >= 11 is 0. The van der Waals surface area contributed by atoms with Crippen molar-refractivity contribution in [3.05, 3.63) is 0 Å². The molecule has 0 aromatic rings. The summed E-state index contributed by atoms with van der Waals surface area (Å²) in [5.74, 6) is 0.